The van der Waals surface area contributed by atoms with Gasteiger partial charge >= 0.3 is 5.97 Å². The number of ether oxygens (including phenoxy) is 3. The van der Waals surface area contributed by atoms with E-state index in [2.05, 4.69) is 4.74 Å². The molecule has 1 aliphatic rings. The molecule has 2 amide bonds. The fraction of sp³-hybridized carbons (Fsp3) is 0.250. The third-order valence-corrected chi connectivity index (χ3v) is 9.19. The molecule has 0 spiro atoms. The molecule has 1 saturated heterocycles. The molecule has 1 fully saturated rings. The summed E-state index contributed by atoms with van der Waals surface area (Å²) in [6.45, 7) is -0.167. The number of rotatable bonds is 10. The van der Waals surface area contributed by atoms with Crippen molar-refractivity contribution in [3.8, 4) is 11.5 Å². The van der Waals surface area contributed by atoms with Crippen LogP contribution in [0.1, 0.15) is 22.3 Å². The minimum atomic E-state index is -4.42. The summed E-state index contributed by atoms with van der Waals surface area (Å²) in [5.41, 5.74) is 1.11. The van der Waals surface area contributed by atoms with E-state index in [9.17, 15) is 22.8 Å². The first-order chi connectivity index (χ1) is 19.5. The summed E-state index contributed by atoms with van der Waals surface area (Å²) in [4.78, 5) is 39.2. The number of esters is 1. The molecular formula is C28H26Cl2N2O8S. The highest BCUT2D eigenvalue weighted by Gasteiger charge is 2.47. The lowest BCUT2D eigenvalue weighted by molar-refractivity contribution is -0.122. The number of amides is 2. The van der Waals surface area contributed by atoms with Crippen LogP contribution in [0.25, 0.3) is 0 Å². The maximum atomic E-state index is 14.0. The fourth-order valence-electron chi connectivity index (χ4n) is 4.50. The van der Waals surface area contributed by atoms with Crippen molar-refractivity contribution in [3.05, 3.63) is 81.8 Å². The van der Waals surface area contributed by atoms with Crippen LogP contribution in [0.5, 0.6) is 11.5 Å². The van der Waals surface area contributed by atoms with Gasteiger partial charge in [-0.25, -0.2) is 18.1 Å². The van der Waals surface area contributed by atoms with Crippen LogP contribution in [-0.4, -0.2) is 64.4 Å². The van der Waals surface area contributed by atoms with E-state index in [0.29, 0.717) is 17.1 Å². The first-order valence-electron chi connectivity index (χ1n) is 12.2. The maximum Gasteiger partial charge on any atom is 0.337 e. The summed E-state index contributed by atoms with van der Waals surface area (Å²) in [5.74, 6) is -0.980. The number of anilines is 1. The standard InChI is InChI=1S/C28H26Cl2N2O8S/c1-38-23-11-4-17(14-24(23)39-2)12-13-31(41(36,37)25-15-19(29)7-10-21(25)30)22-16-26(33)32(27(22)34)20-8-5-18(6-9-20)28(35)40-3/h4-11,14-15,22H,12-13,16H2,1-3H3. The molecule has 1 unspecified atom stereocenters. The molecule has 10 nitrogen and oxygen atoms in total. The van der Waals surface area contributed by atoms with E-state index in [-0.39, 0.29) is 39.2 Å². The molecule has 0 N–H and O–H groups in total. The van der Waals surface area contributed by atoms with Crippen molar-refractivity contribution in [1.29, 1.82) is 0 Å². The smallest absolute Gasteiger partial charge is 0.337 e. The lowest BCUT2D eigenvalue weighted by Gasteiger charge is -2.27. The van der Waals surface area contributed by atoms with Crippen LogP contribution in [0, 0.1) is 0 Å². The Bertz CT molecular complexity index is 1600. The zero-order chi connectivity index (χ0) is 29.9. The van der Waals surface area contributed by atoms with Gasteiger partial charge in [-0.05, 0) is 66.6 Å². The number of imide groups is 1. The molecule has 1 heterocycles. The van der Waals surface area contributed by atoms with E-state index in [1.54, 1.807) is 18.2 Å². The number of hydrogen-bond donors (Lipinski definition) is 0. The fourth-order valence-corrected chi connectivity index (χ4v) is 6.82. The Kier molecular flexibility index (Phi) is 9.23. The number of carbonyl (C=O) groups excluding carboxylic acids is 3. The van der Waals surface area contributed by atoms with E-state index in [4.69, 9.17) is 32.7 Å². The Labute approximate surface area is 247 Å². The van der Waals surface area contributed by atoms with Crippen molar-refractivity contribution < 1.29 is 37.0 Å². The van der Waals surface area contributed by atoms with Crippen LogP contribution in [0.2, 0.25) is 10.0 Å². The highest BCUT2D eigenvalue weighted by Crippen LogP contribution is 2.34. The van der Waals surface area contributed by atoms with Gasteiger partial charge in [-0.15, -0.1) is 0 Å². The van der Waals surface area contributed by atoms with Gasteiger partial charge in [0.05, 0.1) is 44.0 Å². The second kappa shape index (κ2) is 12.5. The number of halogens is 2. The van der Waals surface area contributed by atoms with Gasteiger partial charge in [0, 0.05) is 11.6 Å². The minimum Gasteiger partial charge on any atom is -0.493 e. The number of benzene rings is 3. The highest BCUT2D eigenvalue weighted by atomic mass is 35.5. The average molecular weight is 621 g/mol. The minimum absolute atomic E-state index is 0.0856. The van der Waals surface area contributed by atoms with E-state index in [0.717, 1.165) is 9.21 Å². The zero-order valence-corrected chi connectivity index (χ0v) is 24.6. The van der Waals surface area contributed by atoms with Crippen molar-refractivity contribution in [2.45, 2.75) is 23.8 Å². The van der Waals surface area contributed by atoms with Crippen LogP contribution in [-0.2, 0) is 30.8 Å². The molecule has 0 saturated carbocycles. The van der Waals surface area contributed by atoms with Crippen LogP contribution in [0.4, 0.5) is 5.69 Å². The molecule has 0 bridgehead atoms. The van der Waals surface area contributed by atoms with E-state index in [1.807, 2.05) is 0 Å². The van der Waals surface area contributed by atoms with Gasteiger partial charge in [0.1, 0.15) is 10.9 Å². The van der Waals surface area contributed by atoms with Gasteiger partial charge in [0.2, 0.25) is 15.9 Å². The Hall–Kier alpha value is -3.64. The second-order valence-electron chi connectivity index (χ2n) is 8.96. The third-order valence-electron chi connectivity index (χ3n) is 6.57. The molecule has 1 atom stereocenters. The van der Waals surface area contributed by atoms with Gasteiger partial charge in [0.15, 0.2) is 11.5 Å². The van der Waals surface area contributed by atoms with Crippen molar-refractivity contribution in [2.24, 2.45) is 0 Å². The Morgan fingerprint density at radius 1 is 0.951 bits per heavy atom. The summed E-state index contributed by atoms with van der Waals surface area (Å²) in [7, 11) is -0.207. The number of hydrogen-bond acceptors (Lipinski definition) is 8. The zero-order valence-electron chi connectivity index (χ0n) is 22.3. The first-order valence-corrected chi connectivity index (χ1v) is 14.4. The van der Waals surface area contributed by atoms with Gasteiger partial charge < -0.3 is 14.2 Å². The molecular weight excluding hydrogens is 595 g/mol. The van der Waals surface area contributed by atoms with Gasteiger partial charge in [-0.1, -0.05) is 29.3 Å². The number of carbonyl (C=O) groups is 3. The molecule has 4 rings (SSSR count). The molecule has 0 radical (unpaired) electrons. The SMILES string of the molecule is COC(=O)c1ccc(N2C(=O)CC(N(CCc3ccc(OC)c(OC)c3)S(=O)(=O)c3cc(Cl)ccc3Cl)C2=O)cc1. The average Bonchev–Trinajstić information content (AvgIpc) is 3.26. The molecule has 0 aromatic heterocycles. The molecule has 41 heavy (non-hydrogen) atoms. The van der Waals surface area contributed by atoms with Crippen LogP contribution in [0.15, 0.2) is 65.6 Å². The number of methoxy groups -OCH3 is 3. The first kappa shape index (κ1) is 30.3. The highest BCUT2D eigenvalue weighted by molar-refractivity contribution is 7.89. The Morgan fingerprint density at radius 3 is 2.27 bits per heavy atom. The van der Waals surface area contributed by atoms with E-state index >= 15 is 0 Å². The monoisotopic (exact) mass is 620 g/mol. The quantitative estimate of drug-likeness (QED) is 0.242. The van der Waals surface area contributed by atoms with Gasteiger partial charge in [-0.3, -0.25) is 9.59 Å². The maximum absolute atomic E-state index is 14.0. The van der Waals surface area contributed by atoms with Crippen molar-refractivity contribution in [2.75, 3.05) is 32.8 Å². The molecule has 216 valence electrons. The predicted octanol–water partition coefficient (Wildman–Crippen LogP) is 4.36. The Morgan fingerprint density at radius 2 is 1.63 bits per heavy atom. The van der Waals surface area contributed by atoms with E-state index < -0.39 is 40.3 Å². The topological polar surface area (TPSA) is 120 Å². The Balaban J connectivity index is 1.71. The molecule has 13 heteroatoms. The van der Waals surface area contributed by atoms with Crippen LogP contribution >= 0.6 is 23.2 Å². The number of sulfonamides is 1. The second-order valence-corrected chi connectivity index (χ2v) is 11.7. The van der Waals surface area contributed by atoms with Gasteiger partial charge in [-0.2, -0.15) is 4.31 Å². The van der Waals surface area contributed by atoms with Crippen LogP contribution < -0.4 is 14.4 Å². The number of nitrogens with zero attached hydrogens (tertiary/aromatic N) is 2. The predicted molar refractivity (Wildman–Crippen MR) is 152 cm³/mol. The summed E-state index contributed by atoms with van der Waals surface area (Å²) in [6.07, 6.45) is -0.232. The lowest BCUT2D eigenvalue weighted by atomic mass is 10.1. The largest absolute Gasteiger partial charge is 0.493 e. The van der Waals surface area contributed by atoms with Crippen LogP contribution in [0.3, 0.4) is 0 Å². The van der Waals surface area contributed by atoms with Gasteiger partial charge in [0.25, 0.3) is 5.91 Å². The molecule has 1 aliphatic heterocycles. The molecule has 0 aliphatic carbocycles. The van der Waals surface area contributed by atoms with Crippen molar-refractivity contribution in [1.82, 2.24) is 4.31 Å². The third kappa shape index (κ3) is 6.18. The summed E-state index contributed by atoms with van der Waals surface area (Å²) in [5, 5.41) is 0.0477. The van der Waals surface area contributed by atoms with Crippen molar-refractivity contribution >= 4 is 56.7 Å². The van der Waals surface area contributed by atoms with Crippen molar-refractivity contribution in [3.63, 3.8) is 0 Å². The molecule has 3 aromatic carbocycles. The normalized spacial score (nSPS) is 15.4. The molecule has 3 aromatic rings. The summed E-state index contributed by atoms with van der Waals surface area (Å²) in [6, 6.07) is 13.4. The summed E-state index contributed by atoms with van der Waals surface area (Å²) < 4.78 is 44.3. The summed E-state index contributed by atoms with van der Waals surface area (Å²) >= 11 is 12.4. The lowest BCUT2D eigenvalue weighted by Crippen LogP contribution is -2.46. The van der Waals surface area contributed by atoms with E-state index in [1.165, 1.54) is 63.8 Å².